The number of hydrogen-bond acceptors (Lipinski definition) is 2. The molecule has 0 aliphatic rings. The minimum atomic E-state index is 0.351. The highest BCUT2D eigenvalue weighted by atomic mass is 35.5. The molecule has 0 aliphatic heterocycles. The number of unbranched alkanes of at least 4 members (excludes halogenated alkanes) is 1. The van der Waals surface area contributed by atoms with Crippen LogP contribution in [0, 0.1) is 5.92 Å². The first-order chi connectivity index (χ1) is 9.21. The average molecular weight is 283 g/mol. The molecule has 1 N–H and O–H groups in total. The largest absolute Gasteiger partial charge is 0.309 e. The van der Waals surface area contributed by atoms with E-state index in [0.717, 1.165) is 18.2 Å². The van der Waals surface area contributed by atoms with Crippen LogP contribution >= 0.6 is 11.6 Å². The lowest BCUT2D eigenvalue weighted by Gasteiger charge is -2.23. The molecular formula is C16H27ClN2. The molecule has 0 aromatic carbocycles. The van der Waals surface area contributed by atoms with Gasteiger partial charge in [-0.1, -0.05) is 58.1 Å². The maximum Gasteiger partial charge on any atom is 0.0589 e. The lowest BCUT2D eigenvalue weighted by Crippen LogP contribution is -2.24. The van der Waals surface area contributed by atoms with Crippen LogP contribution in [0.1, 0.15) is 64.6 Å². The van der Waals surface area contributed by atoms with Crippen LogP contribution in [0.15, 0.2) is 18.3 Å². The molecule has 2 unspecified atom stereocenters. The first kappa shape index (κ1) is 16.5. The fourth-order valence-electron chi connectivity index (χ4n) is 2.46. The SMILES string of the molecule is CCCCC(CC)CC(NCC)c1ccc(Cl)cn1. The van der Waals surface area contributed by atoms with Crippen LogP contribution in [-0.4, -0.2) is 11.5 Å². The van der Waals surface area contributed by atoms with Gasteiger partial charge >= 0.3 is 0 Å². The summed E-state index contributed by atoms with van der Waals surface area (Å²) in [7, 11) is 0. The van der Waals surface area contributed by atoms with E-state index in [4.69, 9.17) is 11.6 Å². The van der Waals surface area contributed by atoms with Crippen molar-refractivity contribution < 1.29 is 0 Å². The third-order valence-electron chi connectivity index (χ3n) is 3.67. The molecule has 2 atom stereocenters. The predicted octanol–water partition coefficient (Wildman–Crippen LogP) is 4.99. The maximum absolute atomic E-state index is 5.91. The fraction of sp³-hybridized carbons (Fsp3) is 0.688. The molecule has 2 nitrogen and oxygen atoms in total. The third kappa shape index (κ3) is 5.92. The Morgan fingerprint density at radius 1 is 1.26 bits per heavy atom. The van der Waals surface area contributed by atoms with E-state index in [1.807, 2.05) is 12.1 Å². The first-order valence-corrected chi connectivity index (χ1v) is 7.93. The van der Waals surface area contributed by atoms with Gasteiger partial charge in [-0.05, 0) is 31.0 Å². The third-order valence-corrected chi connectivity index (χ3v) is 3.89. The van der Waals surface area contributed by atoms with Crippen molar-refractivity contribution >= 4 is 11.6 Å². The van der Waals surface area contributed by atoms with Crippen molar-refractivity contribution in [2.24, 2.45) is 5.92 Å². The Kier molecular flexibility index (Phi) is 8.08. The molecule has 0 aliphatic carbocycles. The molecule has 0 radical (unpaired) electrons. The Hall–Kier alpha value is -0.600. The number of nitrogens with zero attached hydrogens (tertiary/aromatic N) is 1. The Morgan fingerprint density at radius 2 is 2.05 bits per heavy atom. The molecule has 0 spiro atoms. The van der Waals surface area contributed by atoms with Crippen molar-refractivity contribution in [1.82, 2.24) is 10.3 Å². The number of rotatable bonds is 9. The summed E-state index contributed by atoms with van der Waals surface area (Å²) < 4.78 is 0. The van der Waals surface area contributed by atoms with Gasteiger partial charge in [-0.15, -0.1) is 0 Å². The monoisotopic (exact) mass is 282 g/mol. The Bertz CT molecular complexity index is 337. The Morgan fingerprint density at radius 3 is 2.58 bits per heavy atom. The topological polar surface area (TPSA) is 24.9 Å². The Balaban J connectivity index is 2.67. The highest BCUT2D eigenvalue weighted by Gasteiger charge is 2.17. The molecule has 3 heteroatoms. The van der Waals surface area contributed by atoms with Gasteiger partial charge in [-0.3, -0.25) is 4.98 Å². The summed E-state index contributed by atoms with van der Waals surface area (Å²) in [5, 5.41) is 4.26. The van der Waals surface area contributed by atoms with E-state index in [1.165, 1.54) is 32.1 Å². The zero-order chi connectivity index (χ0) is 14.1. The lowest BCUT2D eigenvalue weighted by molar-refractivity contribution is 0.353. The normalized spacial score (nSPS) is 14.3. The molecule has 1 aromatic heterocycles. The molecule has 0 saturated heterocycles. The molecule has 1 aromatic rings. The molecule has 0 fully saturated rings. The standard InChI is InChI=1S/C16H27ClN2/c1-4-7-8-13(5-2)11-16(18-6-3)15-10-9-14(17)12-19-15/h9-10,12-13,16,18H,4-8,11H2,1-3H3. The molecule has 1 heterocycles. The molecular weight excluding hydrogens is 256 g/mol. The van der Waals surface area contributed by atoms with Crippen molar-refractivity contribution in [1.29, 1.82) is 0 Å². The molecule has 0 bridgehead atoms. The average Bonchev–Trinajstić information content (AvgIpc) is 2.43. The summed E-state index contributed by atoms with van der Waals surface area (Å²) in [6, 6.07) is 4.33. The van der Waals surface area contributed by atoms with Crippen LogP contribution in [0.5, 0.6) is 0 Å². The van der Waals surface area contributed by atoms with Gasteiger partial charge in [0.1, 0.15) is 0 Å². The zero-order valence-electron chi connectivity index (χ0n) is 12.5. The highest BCUT2D eigenvalue weighted by Crippen LogP contribution is 2.26. The number of halogens is 1. The van der Waals surface area contributed by atoms with Crippen LogP contribution in [0.3, 0.4) is 0 Å². The van der Waals surface area contributed by atoms with Gasteiger partial charge < -0.3 is 5.32 Å². The van der Waals surface area contributed by atoms with Crippen molar-refractivity contribution in [2.75, 3.05) is 6.54 Å². The summed E-state index contributed by atoms with van der Waals surface area (Å²) >= 11 is 5.91. The van der Waals surface area contributed by atoms with E-state index in [-0.39, 0.29) is 0 Å². The molecule has 0 amide bonds. The van der Waals surface area contributed by atoms with Gasteiger partial charge in [-0.2, -0.15) is 0 Å². The van der Waals surface area contributed by atoms with E-state index in [1.54, 1.807) is 6.20 Å². The maximum atomic E-state index is 5.91. The lowest BCUT2D eigenvalue weighted by atomic mass is 9.90. The van der Waals surface area contributed by atoms with Crippen molar-refractivity contribution in [3.8, 4) is 0 Å². The van der Waals surface area contributed by atoms with E-state index in [0.29, 0.717) is 11.1 Å². The smallest absolute Gasteiger partial charge is 0.0589 e. The van der Waals surface area contributed by atoms with Gasteiger partial charge in [0.05, 0.1) is 10.7 Å². The second-order valence-corrected chi connectivity index (χ2v) is 5.60. The summed E-state index contributed by atoms with van der Waals surface area (Å²) in [5.41, 5.74) is 1.11. The van der Waals surface area contributed by atoms with E-state index in [9.17, 15) is 0 Å². The van der Waals surface area contributed by atoms with Crippen molar-refractivity contribution in [3.63, 3.8) is 0 Å². The zero-order valence-corrected chi connectivity index (χ0v) is 13.2. The van der Waals surface area contributed by atoms with E-state index >= 15 is 0 Å². The minimum Gasteiger partial charge on any atom is -0.309 e. The predicted molar refractivity (Wildman–Crippen MR) is 83.6 cm³/mol. The molecule has 1 rings (SSSR count). The number of aromatic nitrogens is 1. The van der Waals surface area contributed by atoms with Crippen LogP contribution in [-0.2, 0) is 0 Å². The van der Waals surface area contributed by atoms with Gasteiger partial charge in [0.15, 0.2) is 0 Å². The summed E-state index contributed by atoms with van der Waals surface area (Å²) in [5.74, 6) is 0.779. The molecule has 19 heavy (non-hydrogen) atoms. The summed E-state index contributed by atoms with van der Waals surface area (Å²) in [6.07, 6.45) is 8.08. The summed E-state index contributed by atoms with van der Waals surface area (Å²) in [4.78, 5) is 4.47. The molecule has 108 valence electrons. The van der Waals surface area contributed by atoms with Crippen LogP contribution < -0.4 is 5.32 Å². The van der Waals surface area contributed by atoms with Crippen molar-refractivity contribution in [2.45, 2.75) is 58.9 Å². The molecule has 0 saturated carbocycles. The van der Waals surface area contributed by atoms with Crippen LogP contribution in [0.4, 0.5) is 0 Å². The van der Waals surface area contributed by atoms with Crippen molar-refractivity contribution in [3.05, 3.63) is 29.0 Å². The quantitative estimate of drug-likeness (QED) is 0.690. The van der Waals surface area contributed by atoms with Crippen LogP contribution in [0.25, 0.3) is 0 Å². The minimum absolute atomic E-state index is 0.351. The second-order valence-electron chi connectivity index (χ2n) is 5.16. The van der Waals surface area contributed by atoms with E-state index < -0.39 is 0 Å². The number of nitrogens with one attached hydrogen (secondary N) is 1. The second kappa shape index (κ2) is 9.33. The van der Waals surface area contributed by atoms with Gasteiger partial charge in [0.25, 0.3) is 0 Å². The fourth-order valence-corrected chi connectivity index (χ4v) is 2.57. The van der Waals surface area contributed by atoms with Crippen LogP contribution in [0.2, 0.25) is 5.02 Å². The van der Waals surface area contributed by atoms with Gasteiger partial charge in [-0.25, -0.2) is 0 Å². The summed E-state index contributed by atoms with van der Waals surface area (Å²) in [6.45, 7) is 7.67. The first-order valence-electron chi connectivity index (χ1n) is 7.56. The highest BCUT2D eigenvalue weighted by molar-refractivity contribution is 6.30. The van der Waals surface area contributed by atoms with Gasteiger partial charge in [0.2, 0.25) is 0 Å². The van der Waals surface area contributed by atoms with E-state index in [2.05, 4.69) is 31.1 Å². The van der Waals surface area contributed by atoms with Gasteiger partial charge in [0, 0.05) is 12.2 Å². The number of hydrogen-bond donors (Lipinski definition) is 1. The number of pyridine rings is 1. The Labute approximate surface area is 123 Å².